The molecule has 1 aliphatic heterocycles. The number of nitrogens with one attached hydrogen (secondary N) is 2. The summed E-state index contributed by atoms with van der Waals surface area (Å²) in [5.41, 5.74) is 1.01. The van der Waals surface area contributed by atoms with Crippen molar-refractivity contribution in [3.05, 3.63) is 42.5 Å². The van der Waals surface area contributed by atoms with Crippen LogP contribution in [0.25, 0.3) is 5.69 Å². The maximum Gasteiger partial charge on any atom is 0.222 e. The Balaban J connectivity index is 1.65. The average Bonchev–Trinajstić information content (AvgIpc) is 3.36. The number of aliphatic imine (C=N–C) groups is 1. The van der Waals surface area contributed by atoms with Gasteiger partial charge in [-0.2, -0.15) is 0 Å². The Kier molecular flexibility index (Phi) is 6.40. The lowest BCUT2D eigenvalue weighted by Crippen LogP contribution is -2.45. The maximum absolute atomic E-state index is 11.9. The van der Waals surface area contributed by atoms with Crippen molar-refractivity contribution in [1.29, 1.82) is 0 Å². The molecule has 27 heavy (non-hydrogen) atoms. The zero-order valence-electron chi connectivity index (χ0n) is 15.9. The second kappa shape index (κ2) is 9.16. The standard InChI is InChI=1S/C19H27N7O/c1-3-18(27)25-11-10-15(13-25)23-19(20-4-2)21-12-17-24-22-14-26(17)16-8-6-5-7-9-16/h5-9,14-15H,3-4,10-13H2,1-2H3,(H2,20,21,23). The molecule has 2 heterocycles. The molecule has 1 atom stereocenters. The molecule has 0 bridgehead atoms. The topological polar surface area (TPSA) is 87.4 Å². The van der Waals surface area contributed by atoms with E-state index in [1.165, 1.54) is 0 Å². The van der Waals surface area contributed by atoms with Crippen LogP contribution in [0, 0.1) is 0 Å². The second-order valence-electron chi connectivity index (χ2n) is 6.47. The predicted octanol–water partition coefficient (Wildman–Crippen LogP) is 1.33. The number of amides is 1. The number of para-hydroxylation sites is 1. The van der Waals surface area contributed by atoms with Crippen LogP contribution in [0.15, 0.2) is 41.7 Å². The Hall–Kier alpha value is -2.90. The van der Waals surface area contributed by atoms with Crippen molar-refractivity contribution in [1.82, 2.24) is 30.3 Å². The van der Waals surface area contributed by atoms with Crippen LogP contribution in [0.5, 0.6) is 0 Å². The van der Waals surface area contributed by atoms with Gasteiger partial charge in [-0.05, 0) is 25.5 Å². The summed E-state index contributed by atoms with van der Waals surface area (Å²) in [7, 11) is 0. The second-order valence-corrected chi connectivity index (χ2v) is 6.47. The molecule has 2 N–H and O–H groups in total. The van der Waals surface area contributed by atoms with E-state index in [4.69, 9.17) is 0 Å². The molecule has 1 fully saturated rings. The van der Waals surface area contributed by atoms with Crippen molar-refractivity contribution < 1.29 is 4.79 Å². The molecule has 1 saturated heterocycles. The molecule has 2 aromatic rings. The van der Waals surface area contributed by atoms with Gasteiger partial charge in [0.2, 0.25) is 5.91 Å². The van der Waals surface area contributed by atoms with Gasteiger partial charge in [-0.1, -0.05) is 25.1 Å². The van der Waals surface area contributed by atoms with Gasteiger partial charge in [0.05, 0.1) is 0 Å². The van der Waals surface area contributed by atoms with E-state index >= 15 is 0 Å². The van der Waals surface area contributed by atoms with Crippen LogP contribution in [-0.4, -0.2) is 57.2 Å². The van der Waals surface area contributed by atoms with Gasteiger partial charge < -0.3 is 15.5 Å². The number of hydrogen-bond donors (Lipinski definition) is 2. The Morgan fingerprint density at radius 1 is 1.30 bits per heavy atom. The summed E-state index contributed by atoms with van der Waals surface area (Å²) >= 11 is 0. The van der Waals surface area contributed by atoms with Crippen molar-refractivity contribution in [2.24, 2.45) is 4.99 Å². The number of guanidine groups is 1. The van der Waals surface area contributed by atoms with Crippen LogP contribution in [-0.2, 0) is 11.3 Å². The highest BCUT2D eigenvalue weighted by Gasteiger charge is 2.25. The van der Waals surface area contributed by atoms with Gasteiger partial charge in [-0.25, -0.2) is 4.99 Å². The van der Waals surface area contributed by atoms with Crippen molar-refractivity contribution in [3.63, 3.8) is 0 Å². The summed E-state index contributed by atoms with van der Waals surface area (Å²) in [6.07, 6.45) is 3.18. The lowest BCUT2D eigenvalue weighted by atomic mass is 10.3. The lowest BCUT2D eigenvalue weighted by molar-refractivity contribution is -0.129. The Morgan fingerprint density at radius 2 is 2.11 bits per heavy atom. The molecule has 0 aliphatic carbocycles. The van der Waals surface area contributed by atoms with Crippen molar-refractivity contribution in [2.75, 3.05) is 19.6 Å². The third kappa shape index (κ3) is 4.84. The first-order chi connectivity index (χ1) is 13.2. The molecule has 8 nitrogen and oxygen atoms in total. The highest BCUT2D eigenvalue weighted by Crippen LogP contribution is 2.11. The molecule has 0 radical (unpaired) electrons. The van der Waals surface area contributed by atoms with Gasteiger partial charge >= 0.3 is 0 Å². The highest BCUT2D eigenvalue weighted by atomic mass is 16.2. The minimum absolute atomic E-state index is 0.206. The quantitative estimate of drug-likeness (QED) is 0.593. The first-order valence-corrected chi connectivity index (χ1v) is 9.48. The van der Waals surface area contributed by atoms with Gasteiger partial charge in [0.15, 0.2) is 11.8 Å². The molecule has 1 amide bonds. The number of likely N-dealkylation sites (tertiary alicyclic amines) is 1. The van der Waals surface area contributed by atoms with E-state index in [1.807, 2.05) is 53.6 Å². The molecule has 144 valence electrons. The van der Waals surface area contributed by atoms with Gasteiger partial charge in [0.25, 0.3) is 0 Å². The highest BCUT2D eigenvalue weighted by molar-refractivity contribution is 5.80. The summed E-state index contributed by atoms with van der Waals surface area (Å²) in [5, 5.41) is 14.9. The molecule has 1 aromatic heterocycles. The zero-order chi connectivity index (χ0) is 19.1. The minimum atomic E-state index is 0.206. The maximum atomic E-state index is 11.9. The lowest BCUT2D eigenvalue weighted by Gasteiger charge is -2.18. The molecular weight excluding hydrogens is 342 g/mol. The zero-order valence-corrected chi connectivity index (χ0v) is 15.9. The third-order valence-electron chi connectivity index (χ3n) is 4.56. The molecule has 1 unspecified atom stereocenters. The van der Waals surface area contributed by atoms with Crippen LogP contribution in [0.1, 0.15) is 32.5 Å². The number of hydrogen-bond acceptors (Lipinski definition) is 4. The summed E-state index contributed by atoms with van der Waals surface area (Å²) in [6.45, 7) is 6.63. The first kappa shape index (κ1) is 18.9. The molecule has 1 aromatic carbocycles. The number of carbonyl (C=O) groups excluding carboxylic acids is 1. The van der Waals surface area contributed by atoms with E-state index in [2.05, 4.69) is 25.8 Å². The van der Waals surface area contributed by atoms with Crippen LogP contribution in [0.4, 0.5) is 0 Å². The summed E-state index contributed by atoms with van der Waals surface area (Å²) < 4.78 is 1.93. The Morgan fingerprint density at radius 3 is 2.85 bits per heavy atom. The Bertz CT molecular complexity index is 771. The first-order valence-electron chi connectivity index (χ1n) is 9.48. The molecule has 0 saturated carbocycles. The normalized spacial score (nSPS) is 17.2. The third-order valence-corrected chi connectivity index (χ3v) is 4.56. The van der Waals surface area contributed by atoms with Gasteiger partial charge in [-0.3, -0.25) is 9.36 Å². The van der Waals surface area contributed by atoms with E-state index in [0.717, 1.165) is 43.5 Å². The minimum Gasteiger partial charge on any atom is -0.357 e. The largest absolute Gasteiger partial charge is 0.357 e. The Labute approximate surface area is 159 Å². The van der Waals surface area contributed by atoms with Gasteiger partial charge in [0, 0.05) is 37.8 Å². The van der Waals surface area contributed by atoms with Gasteiger partial charge in [-0.15, -0.1) is 10.2 Å². The molecular formula is C19H27N7O. The number of benzene rings is 1. The predicted molar refractivity (Wildman–Crippen MR) is 105 cm³/mol. The van der Waals surface area contributed by atoms with Crippen molar-refractivity contribution >= 4 is 11.9 Å². The fourth-order valence-corrected chi connectivity index (χ4v) is 3.16. The van der Waals surface area contributed by atoms with Crippen LogP contribution in [0.3, 0.4) is 0 Å². The van der Waals surface area contributed by atoms with E-state index < -0.39 is 0 Å². The fourth-order valence-electron chi connectivity index (χ4n) is 3.16. The summed E-state index contributed by atoms with van der Waals surface area (Å²) in [5.74, 6) is 1.71. The van der Waals surface area contributed by atoms with Crippen LogP contribution >= 0.6 is 0 Å². The van der Waals surface area contributed by atoms with Gasteiger partial charge in [0.1, 0.15) is 12.9 Å². The average molecular weight is 369 g/mol. The SMILES string of the molecule is CCNC(=NCc1nncn1-c1ccccc1)NC1CCN(C(=O)CC)C1. The van der Waals surface area contributed by atoms with E-state index in [1.54, 1.807) is 6.33 Å². The van der Waals surface area contributed by atoms with Crippen LogP contribution < -0.4 is 10.6 Å². The number of rotatable bonds is 6. The van der Waals surface area contributed by atoms with E-state index in [-0.39, 0.29) is 11.9 Å². The van der Waals surface area contributed by atoms with E-state index in [0.29, 0.717) is 13.0 Å². The smallest absolute Gasteiger partial charge is 0.222 e. The molecule has 0 spiro atoms. The fraction of sp³-hybridized carbons (Fsp3) is 0.474. The number of nitrogens with zero attached hydrogens (tertiary/aromatic N) is 5. The molecule has 1 aliphatic rings. The molecule has 8 heteroatoms. The number of carbonyl (C=O) groups is 1. The molecule has 3 rings (SSSR count). The summed E-state index contributed by atoms with van der Waals surface area (Å²) in [4.78, 5) is 18.4. The summed E-state index contributed by atoms with van der Waals surface area (Å²) in [6, 6.07) is 10.2. The van der Waals surface area contributed by atoms with Crippen LogP contribution in [0.2, 0.25) is 0 Å². The number of aromatic nitrogens is 3. The monoisotopic (exact) mass is 369 g/mol. The van der Waals surface area contributed by atoms with E-state index in [9.17, 15) is 4.79 Å². The van der Waals surface area contributed by atoms with Crippen molar-refractivity contribution in [2.45, 2.75) is 39.3 Å². The van der Waals surface area contributed by atoms with Crippen molar-refractivity contribution in [3.8, 4) is 5.69 Å².